The van der Waals surface area contributed by atoms with Crippen LogP contribution in [0.5, 0.6) is 0 Å². The summed E-state index contributed by atoms with van der Waals surface area (Å²) in [5.74, 6) is 0.709. The fourth-order valence-electron chi connectivity index (χ4n) is 3.74. The molecule has 8 nitrogen and oxygen atoms in total. The van der Waals surface area contributed by atoms with E-state index in [0.29, 0.717) is 5.65 Å². The Morgan fingerprint density at radius 3 is 2.40 bits per heavy atom. The van der Waals surface area contributed by atoms with E-state index in [2.05, 4.69) is 15.0 Å². The van der Waals surface area contributed by atoms with Gasteiger partial charge in [0, 0.05) is 38.6 Å². The average molecular weight is 344 g/mol. The summed E-state index contributed by atoms with van der Waals surface area (Å²) in [5.41, 5.74) is 0.268. The molecular weight excluding hydrogens is 320 g/mol. The summed E-state index contributed by atoms with van der Waals surface area (Å²) in [5, 5.41) is 4.44. The van der Waals surface area contributed by atoms with Crippen LogP contribution in [0.3, 0.4) is 0 Å². The van der Waals surface area contributed by atoms with Gasteiger partial charge in [-0.05, 0) is 25.7 Å². The summed E-state index contributed by atoms with van der Waals surface area (Å²) < 4.78 is 2.78. The first kappa shape index (κ1) is 16.1. The molecule has 0 aromatic carbocycles. The third-order valence-electron chi connectivity index (χ3n) is 5.13. The van der Waals surface area contributed by atoms with Crippen molar-refractivity contribution in [3.05, 3.63) is 22.9 Å². The Labute approximate surface area is 146 Å². The van der Waals surface area contributed by atoms with Gasteiger partial charge in [-0.25, -0.2) is 18.9 Å². The lowest BCUT2D eigenvalue weighted by Crippen LogP contribution is -2.34. The van der Waals surface area contributed by atoms with Gasteiger partial charge in [-0.15, -0.1) is 5.10 Å². The van der Waals surface area contributed by atoms with Gasteiger partial charge in [0.15, 0.2) is 5.82 Å². The zero-order valence-corrected chi connectivity index (χ0v) is 14.4. The maximum atomic E-state index is 12.6. The van der Waals surface area contributed by atoms with Crippen molar-refractivity contribution < 1.29 is 4.79 Å². The zero-order chi connectivity index (χ0) is 17.2. The molecule has 2 aromatic rings. The first-order valence-electron chi connectivity index (χ1n) is 9.21. The van der Waals surface area contributed by atoms with Gasteiger partial charge in [0.2, 0.25) is 11.6 Å². The number of rotatable bonds is 3. The van der Waals surface area contributed by atoms with Gasteiger partial charge in [0.25, 0.3) is 0 Å². The maximum absolute atomic E-state index is 12.6. The minimum atomic E-state index is -0.277. The molecule has 0 spiro atoms. The second-order valence-corrected chi connectivity index (χ2v) is 6.87. The van der Waals surface area contributed by atoms with E-state index < -0.39 is 0 Å². The molecule has 0 aliphatic carbocycles. The zero-order valence-electron chi connectivity index (χ0n) is 14.4. The Bertz CT molecular complexity index is 812. The highest BCUT2D eigenvalue weighted by Crippen LogP contribution is 2.20. The largest absolute Gasteiger partial charge is 0.353 e. The summed E-state index contributed by atoms with van der Waals surface area (Å²) in [6.07, 6.45) is 10.0. The molecule has 134 valence electrons. The number of likely N-dealkylation sites (tertiary alicyclic amines) is 1. The van der Waals surface area contributed by atoms with Crippen LogP contribution in [-0.2, 0) is 11.3 Å². The number of amides is 1. The number of carbonyl (C=O) groups is 1. The summed E-state index contributed by atoms with van der Waals surface area (Å²) in [4.78, 5) is 33.5. The van der Waals surface area contributed by atoms with Gasteiger partial charge in [0.05, 0.1) is 0 Å². The van der Waals surface area contributed by atoms with E-state index in [4.69, 9.17) is 0 Å². The third kappa shape index (κ3) is 3.12. The Kier molecular flexibility index (Phi) is 4.42. The predicted octanol–water partition coefficient (Wildman–Crippen LogP) is 0.894. The van der Waals surface area contributed by atoms with Gasteiger partial charge in [0.1, 0.15) is 6.54 Å². The van der Waals surface area contributed by atoms with E-state index in [1.54, 1.807) is 12.4 Å². The summed E-state index contributed by atoms with van der Waals surface area (Å²) in [7, 11) is 0. The quantitative estimate of drug-likeness (QED) is 0.827. The third-order valence-corrected chi connectivity index (χ3v) is 5.13. The van der Waals surface area contributed by atoms with Gasteiger partial charge in [-0.3, -0.25) is 4.79 Å². The molecular formula is C17H24N6O2. The van der Waals surface area contributed by atoms with E-state index in [1.807, 2.05) is 4.90 Å². The summed E-state index contributed by atoms with van der Waals surface area (Å²) >= 11 is 0. The van der Waals surface area contributed by atoms with Crippen molar-refractivity contribution in [2.24, 2.45) is 0 Å². The van der Waals surface area contributed by atoms with Gasteiger partial charge in [-0.1, -0.05) is 12.8 Å². The molecule has 0 N–H and O–H groups in total. The van der Waals surface area contributed by atoms with E-state index in [1.165, 1.54) is 21.9 Å². The number of carbonyl (C=O) groups excluding carboxylic acids is 1. The fourth-order valence-corrected chi connectivity index (χ4v) is 3.74. The number of fused-ring (bicyclic) bond motifs is 1. The molecule has 2 aliphatic rings. The molecule has 0 atom stereocenters. The molecule has 4 heterocycles. The van der Waals surface area contributed by atoms with E-state index in [-0.39, 0.29) is 18.1 Å². The maximum Gasteiger partial charge on any atom is 0.350 e. The molecule has 0 unspecified atom stereocenters. The molecule has 2 aliphatic heterocycles. The van der Waals surface area contributed by atoms with Crippen molar-refractivity contribution in [3.63, 3.8) is 0 Å². The SMILES string of the molecule is O=C(Cn1nc2c(N3CCCCCC3)nccn2c1=O)N1CCCC1. The summed E-state index contributed by atoms with van der Waals surface area (Å²) in [6.45, 7) is 3.42. The highest BCUT2D eigenvalue weighted by atomic mass is 16.2. The van der Waals surface area contributed by atoms with Crippen LogP contribution in [0.1, 0.15) is 38.5 Å². The lowest BCUT2D eigenvalue weighted by molar-refractivity contribution is -0.131. The lowest BCUT2D eigenvalue weighted by Gasteiger charge is -2.21. The monoisotopic (exact) mass is 344 g/mol. The lowest BCUT2D eigenvalue weighted by atomic mass is 10.2. The van der Waals surface area contributed by atoms with Crippen LogP contribution in [0, 0.1) is 0 Å². The Balaban J connectivity index is 1.65. The standard InChI is InChI=1S/C17H24N6O2/c24-14(20-8-5-6-9-20)13-23-17(25)22-12-7-18-15(16(22)19-23)21-10-3-1-2-4-11-21/h7,12H,1-6,8-11,13H2. The highest BCUT2D eigenvalue weighted by Gasteiger charge is 2.22. The number of nitrogens with zero attached hydrogens (tertiary/aromatic N) is 6. The van der Waals surface area contributed by atoms with Gasteiger partial charge >= 0.3 is 5.69 Å². The van der Waals surface area contributed by atoms with Crippen molar-refractivity contribution in [2.75, 3.05) is 31.1 Å². The molecule has 2 saturated heterocycles. The van der Waals surface area contributed by atoms with Crippen molar-refractivity contribution in [2.45, 2.75) is 45.1 Å². The minimum absolute atomic E-state index is 0.0000463. The van der Waals surface area contributed by atoms with Crippen LogP contribution in [0.25, 0.3) is 5.65 Å². The van der Waals surface area contributed by atoms with Crippen molar-refractivity contribution in [1.29, 1.82) is 0 Å². The molecule has 25 heavy (non-hydrogen) atoms. The van der Waals surface area contributed by atoms with Gasteiger partial charge < -0.3 is 9.80 Å². The number of anilines is 1. The second-order valence-electron chi connectivity index (χ2n) is 6.87. The molecule has 0 radical (unpaired) electrons. The summed E-state index contributed by atoms with van der Waals surface area (Å²) in [6, 6.07) is 0. The molecule has 0 bridgehead atoms. The van der Waals surface area contributed by atoms with Crippen LogP contribution >= 0.6 is 0 Å². The Morgan fingerprint density at radius 2 is 1.68 bits per heavy atom. The van der Waals surface area contributed by atoms with E-state index >= 15 is 0 Å². The van der Waals surface area contributed by atoms with E-state index in [9.17, 15) is 9.59 Å². The average Bonchev–Trinajstić information content (AvgIpc) is 3.17. The molecule has 0 saturated carbocycles. The molecule has 2 fully saturated rings. The topological polar surface area (TPSA) is 75.7 Å². The fraction of sp³-hybridized carbons (Fsp3) is 0.647. The van der Waals surface area contributed by atoms with Crippen molar-refractivity contribution >= 4 is 17.4 Å². The smallest absolute Gasteiger partial charge is 0.350 e. The van der Waals surface area contributed by atoms with Crippen LogP contribution in [0.2, 0.25) is 0 Å². The predicted molar refractivity (Wildman–Crippen MR) is 93.7 cm³/mol. The number of hydrogen-bond donors (Lipinski definition) is 0. The minimum Gasteiger partial charge on any atom is -0.353 e. The van der Waals surface area contributed by atoms with Crippen molar-refractivity contribution in [3.8, 4) is 0 Å². The molecule has 8 heteroatoms. The van der Waals surface area contributed by atoms with Crippen LogP contribution in [0.15, 0.2) is 17.2 Å². The van der Waals surface area contributed by atoms with Crippen LogP contribution in [0.4, 0.5) is 5.82 Å². The van der Waals surface area contributed by atoms with Crippen LogP contribution in [-0.4, -0.2) is 56.2 Å². The highest BCUT2D eigenvalue weighted by molar-refractivity contribution is 5.76. The molecule has 1 amide bonds. The van der Waals surface area contributed by atoms with E-state index in [0.717, 1.165) is 57.7 Å². The number of aromatic nitrogens is 4. The second kappa shape index (κ2) is 6.85. The van der Waals surface area contributed by atoms with Crippen LogP contribution < -0.4 is 10.6 Å². The van der Waals surface area contributed by atoms with Gasteiger partial charge in [-0.2, -0.15) is 0 Å². The van der Waals surface area contributed by atoms with Crippen molar-refractivity contribution in [1.82, 2.24) is 24.1 Å². The Morgan fingerprint density at radius 1 is 1.00 bits per heavy atom. The normalized spacial score (nSPS) is 18.7. The molecule has 4 rings (SSSR count). The molecule has 2 aromatic heterocycles. The Hall–Kier alpha value is -2.38. The number of hydrogen-bond acceptors (Lipinski definition) is 5. The first-order chi connectivity index (χ1) is 12.2. The first-order valence-corrected chi connectivity index (χ1v) is 9.21.